The molecule has 3 aromatic carbocycles. The van der Waals surface area contributed by atoms with Crippen molar-refractivity contribution in [2.75, 3.05) is 11.8 Å². The minimum absolute atomic E-state index is 0.0621. The molecule has 1 aromatic heterocycles. The van der Waals surface area contributed by atoms with E-state index in [1.807, 2.05) is 18.2 Å². The molecule has 0 aliphatic rings. The first kappa shape index (κ1) is 20.5. The maximum Gasteiger partial charge on any atom is 0.308 e. The molecule has 0 unspecified atom stereocenters. The van der Waals surface area contributed by atoms with Crippen LogP contribution in [0.1, 0.15) is 5.56 Å². The minimum Gasteiger partial charge on any atom is -0.495 e. The van der Waals surface area contributed by atoms with Crippen LogP contribution >= 0.6 is 22.9 Å². The number of benzene rings is 3. The number of hydrogen-bond donors (Lipinski definition) is 1. The number of halogens is 1. The van der Waals surface area contributed by atoms with Crippen molar-refractivity contribution in [1.29, 1.82) is 0 Å². The van der Waals surface area contributed by atoms with Gasteiger partial charge in [0, 0.05) is 5.02 Å². The van der Waals surface area contributed by atoms with Crippen molar-refractivity contribution in [1.82, 2.24) is 4.57 Å². The number of nitrogens with zero attached hydrogens (tertiary/aromatic N) is 1. The van der Waals surface area contributed by atoms with Gasteiger partial charge in [0.2, 0.25) is 0 Å². The van der Waals surface area contributed by atoms with Gasteiger partial charge in [-0.15, -0.1) is 0 Å². The molecule has 0 spiro atoms. The van der Waals surface area contributed by atoms with Gasteiger partial charge in [0.25, 0.3) is 10.0 Å². The van der Waals surface area contributed by atoms with Crippen LogP contribution in [-0.4, -0.2) is 20.1 Å². The Morgan fingerprint density at radius 3 is 2.57 bits per heavy atom. The van der Waals surface area contributed by atoms with E-state index >= 15 is 0 Å². The highest BCUT2D eigenvalue weighted by atomic mass is 35.5. The monoisotopic (exact) mass is 460 g/mol. The van der Waals surface area contributed by atoms with Crippen molar-refractivity contribution in [3.63, 3.8) is 0 Å². The lowest BCUT2D eigenvalue weighted by atomic mass is 10.2. The smallest absolute Gasteiger partial charge is 0.308 e. The van der Waals surface area contributed by atoms with Crippen LogP contribution in [0, 0.1) is 0 Å². The summed E-state index contributed by atoms with van der Waals surface area (Å²) < 4.78 is 35.7. The van der Waals surface area contributed by atoms with Crippen molar-refractivity contribution in [2.24, 2.45) is 0 Å². The van der Waals surface area contributed by atoms with Crippen LogP contribution in [0.3, 0.4) is 0 Å². The molecule has 4 aromatic rings. The standard InChI is InChI=1S/C21H17ClN2O4S2/c1-28-19-9-5-4-8-17(19)23-30(26,27)15-10-11-18-20(12-15)29-21(25)24(18)13-14-6-2-3-7-16(14)22/h2-12,23H,13H2,1H3. The van der Waals surface area contributed by atoms with Crippen LogP contribution < -0.4 is 14.3 Å². The van der Waals surface area contributed by atoms with Gasteiger partial charge in [0.15, 0.2) is 0 Å². The first-order valence-corrected chi connectivity index (χ1v) is 11.6. The fourth-order valence-electron chi connectivity index (χ4n) is 3.09. The van der Waals surface area contributed by atoms with Gasteiger partial charge in [-0.05, 0) is 42.0 Å². The van der Waals surface area contributed by atoms with Crippen LogP contribution in [0.2, 0.25) is 5.02 Å². The quantitative estimate of drug-likeness (QED) is 0.457. The molecule has 1 N–H and O–H groups in total. The highest BCUT2D eigenvalue weighted by Crippen LogP contribution is 2.28. The lowest BCUT2D eigenvalue weighted by molar-refractivity contribution is 0.417. The molecule has 0 radical (unpaired) electrons. The zero-order valence-electron chi connectivity index (χ0n) is 15.8. The Morgan fingerprint density at radius 1 is 1.07 bits per heavy atom. The number of thiazole rings is 1. The van der Waals surface area contributed by atoms with E-state index in [2.05, 4.69) is 4.72 Å². The van der Waals surface area contributed by atoms with Gasteiger partial charge >= 0.3 is 4.87 Å². The number of sulfonamides is 1. The number of rotatable bonds is 6. The van der Waals surface area contributed by atoms with Gasteiger partial charge in [0.1, 0.15) is 5.75 Å². The van der Waals surface area contributed by atoms with Gasteiger partial charge in [0.05, 0.1) is 34.5 Å². The van der Waals surface area contributed by atoms with Crippen LogP contribution in [0.15, 0.2) is 76.4 Å². The Balaban J connectivity index is 1.70. The molecule has 4 rings (SSSR count). The molecule has 0 saturated heterocycles. The van der Waals surface area contributed by atoms with Crippen molar-refractivity contribution in [3.8, 4) is 5.75 Å². The third kappa shape index (κ3) is 3.94. The fourth-order valence-corrected chi connectivity index (χ4v) is 5.39. The Kier molecular flexibility index (Phi) is 5.55. The molecule has 0 saturated carbocycles. The summed E-state index contributed by atoms with van der Waals surface area (Å²) in [6, 6.07) is 18.7. The van der Waals surface area contributed by atoms with Gasteiger partial charge < -0.3 is 4.74 Å². The summed E-state index contributed by atoms with van der Waals surface area (Å²) in [5, 5.41) is 0.573. The Morgan fingerprint density at radius 2 is 1.80 bits per heavy atom. The number of nitrogens with one attached hydrogen (secondary N) is 1. The van der Waals surface area contributed by atoms with Crippen LogP contribution in [0.4, 0.5) is 5.69 Å². The van der Waals surface area contributed by atoms with E-state index in [9.17, 15) is 13.2 Å². The van der Waals surface area contributed by atoms with E-state index in [-0.39, 0.29) is 9.77 Å². The predicted octanol–water partition coefficient (Wildman–Crippen LogP) is 4.57. The summed E-state index contributed by atoms with van der Waals surface area (Å²) >= 11 is 7.22. The summed E-state index contributed by atoms with van der Waals surface area (Å²) in [6.45, 7) is 0.310. The second-order valence-corrected chi connectivity index (χ2v) is 9.56. The molecular formula is C21H17ClN2O4S2. The van der Waals surface area contributed by atoms with E-state index in [4.69, 9.17) is 16.3 Å². The maximum absolute atomic E-state index is 12.9. The molecule has 0 bridgehead atoms. The third-order valence-corrected chi connectivity index (χ3v) is 7.26. The molecule has 6 nitrogen and oxygen atoms in total. The second-order valence-electron chi connectivity index (χ2n) is 6.48. The Hall–Kier alpha value is -2.81. The molecule has 0 amide bonds. The molecule has 30 heavy (non-hydrogen) atoms. The molecule has 154 valence electrons. The third-order valence-electron chi connectivity index (χ3n) is 4.59. The molecule has 0 aliphatic heterocycles. The lowest BCUT2D eigenvalue weighted by Gasteiger charge is -2.12. The van der Waals surface area contributed by atoms with Gasteiger partial charge in [-0.2, -0.15) is 0 Å². The maximum atomic E-state index is 12.9. The molecule has 0 atom stereocenters. The fraction of sp³-hybridized carbons (Fsp3) is 0.0952. The van der Waals surface area contributed by atoms with Gasteiger partial charge in [-0.1, -0.05) is 53.3 Å². The number of fused-ring (bicyclic) bond motifs is 1. The SMILES string of the molecule is COc1ccccc1NS(=O)(=O)c1ccc2c(c1)sc(=O)n2Cc1ccccc1Cl. The number of methoxy groups -OCH3 is 1. The van der Waals surface area contributed by atoms with Crippen molar-refractivity contribution >= 4 is 48.9 Å². The van der Waals surface area contributed by atoms with Crippen molar-refractivity contribution in [2.45, 2.75) is 11.4 Å². The molecular weight excluding hydrogens is 444 g/mol. The normalized spacial score (nSPS) is 11.5. The molecule has 1 heterocycles. The number of aromatic nitrogens is 1. The summed E-state index contributed by atoms with van der Waals surface area (Å²) in [4.78, 5) is 12.4. The van der Waals surface area contributed by atoms with Crippen molar-refractivity contribution < 1.29 is 13.2 Å². The number of anilines is 1. The zero-order valence-corrected chi connectivity index (χ0v) is 18.2. The summed E-state index contributed by atoms with van der Waals surface area (Å²) in [6.07, 6.45) is 0. The number of hydrogen-bond acceptors (Lipinski definition) is 5. The summed E-state index contributed by atoms with van der Waals surface area (Å²) in [5.74, 6) is 0.415. The predicted molar refractivity (Wildman–Crippen MR) is 120 cm³/mol. The van der Waals surface area contributed by atoms with Crippen LogP contribution in [-0.2, 0) is 16.6 Å². The Labute approximate surface area is 182 Å². The lowest BCUT2D eigenvalue weighted by Crippen LogP contribution is -2.14. The summed E-state index contributed by atoms with van der Waals surface area (Å²) in [5.41, 5.74) is 1.81. The van der Waals surface area contributed by atoms with E-state index in [0.29, 0.717) is 33.2 Å². The molecule has 0 fully saturated rings. The van der Waals surface area contributed by atoms with Crippen LogP contribution in [0.5, 0.6) is 5.75 Å². The first-order valence-electron chi connectivity index (χ1n) is 8.92. The average molecular weight is 461 g/mol. The summed E-state index contributed by atoms with van der Waals surface area (Å²) in [7, 11) is -2.39. The highest BCUT2D eigenvalue weighted by Gasteiger charge is 2.19. The first-order chi connectivity index (χ1) is 14.4. The van der Waals surface area contributed by atoms with E-state index in [1.54, 1.807) is 41.0 Å². The van der Waals surface area contributed by atoms with E-state index in [0.717, 1.165) is 16.9 Å². The zero-order chi connectivity index (χ0) is 21.3. The number of para-hydroxylation sites is 2. The molecule has 0 aliphatic carbocycles. The minimum atomic E-state index is -3.86. The second kappa shape index (κ2) is 8.14. The largest absolute Gasteiger partial charge is 0.495 e. The van der Waals surface area contributed by atoms with E-state index in [1.165, 1.54) is 19.2 Å². The van der Waals surface area contributed by atoms with Crippen molar-refractivity contribution in [3.05, 3.63) is 87.0 Å². The van der Waals surface area contributed by atoms with E-state index < -0.39 is 10.0 Å². The Bertz CT molecular complexity index is 1390. The van der Waals surface area contributed by atoms with Gasteiger partial charge in [-0.3, -0.25) is 14.1 Å². The van der Waals surface area contributed by atoms with Crippen LogP contribution in [0.25, 0.3) is 10.2 Å². The highest BCUT2D eigenvalue weighted by molar-refractivity contribution is 7.92. The molecule has 9 heteroatoms. The average Bonchev–Trinajstić information content (AvgIpc) is 3.04. The van der Waals surface area contributed by atoms with Gasteiger partial charge in [-0.25, -0.2) is 8.42 Å². The number of ether oxygens (including phenoxy) is 1. The topological polar surface area (TPSA) is 77.4 Å².